The van der Waals surface area contributed by atoms with Gasteiger partial charge in [-0.3, -0.25) is 0 Å². The van der Waals surface area contributed by atoms with Crippen molar-refractivity contribution in [2.75, 3.05) is 19.8 Å². The second kappa shape index (κ2) is 3.59. The van der Waals surface area contributed by atoms with E-state index >= 15 is 0 Å². The van der Waals surface area contributed by atoms with Crippen LogP contribution in [0, 0.1) is 0 Å². The van der Waals surface area contributed by atoms with Gasteiger partial charge in [0.2, 0.25) is 0 Å². The van der Waals surface area contributed by atoms with Crippen LogP contribution in [0.2, 0.25) is 0 Å². The molecule has 0 bridgehead atoms. The van der Waals surface area contributed by atoms with Gasteiger partial charge in [0, 0.05) is 6.54 Å². The standard InChI is InChI=1S/C10H15NO/c1-4-10(5-2)9-12-8-7-11(10)6-3/h4-6H,1-3,7-9H2. The fourth-order valence-electron chi connectivity index (χ4n) is 1.39. The number of nitrogens with zero attached hydrogens (tertiary/aromatic N) is 1. The summed E-state index contributed by atoms with van der Waals surface area (Å²) in [5, 5.41) is 0. The van der Waals surface area contributed by atoms with E-state index in [0.717, 1.165) is 13.2 Å². The Hall–Kier alpha value is -1.02. The number of hydrogen-bond acceptors (Lipinski definition) is 2. The van der Waals surface area contributed by atoms with Gasteiger partial charge in [-0.05, 0) is 6.20 Å². The summed E-state index contributed by atoms with van der Waals surface area (Å²) in [6.45, 7) is 13.5. The molecular formula is C10H15NO. The molecule has 0 spiro atoms. The highest BCUT2D eigenvalue weighted by Gasteiger charge is 2.31. The maximum Gasteiger partial charge on any atom is 0.0992 e. The van der Waals surface area contributed by atoms with Gasteiger partial charge in [-0.1, -0.05) is 18.7 Å². The Morgan fingerprint density at radius 2 is 1.92 bits per heavy atom. The summed E-state index contributed by atoms with van der Waals surface area (Å²) >= 11 is 0. The van der Waals surface area contributed by atoms with Crippen LogP contribution in [-0.4, -0.2) is 30.2 Å². The van der Waals surface area contributed by atoms with Gasteiger partial charge in [0.05, 0.1) is 18.8 Å². The van der Waals surface area contributed by atoms with Crippen LogP contribution in [0.1, 0.15) is 0 Å². The van der Waals surface area contributed by atoms with Gasteiger partial charge in [0.25, 0.3) is 0 Å². The number of morpholine rings is 1. The van der Waals surface area contributed by atoms with E-state index in [9.17, 15) is 0 Å². The van der Waals surface area contributed by atoms with Gasteiger partial charge >= 0.3 is 0 Å². The Balaban J connectivity index is 2.86. The van der Waals surface area contributed by atoms with E-state index in [-0.39, 0.29) is 5.54 Å². The first-order valence-corrected chi connectivity index (χ1v) is 4.03. The Labute approximate surface area is 73.8 Å². The molecule has 1 rings (SSSR count). The first-order chi connectivity index (χ1) is 5.79. The van der Waals surface area contributed by atoms with E-state index in [1.165, 1.54) is 0 Å². The van der Waals surface area contributed by atoms with Crippen LogP contribution in [0.15, 0.2) is 38.1 Å². The van der Waals surface area contributed by atoms with Gasteiger partial charge in [-0.25, -0.2) is 0 Å². The summed E-state index contributed by atoms with van der Waals surface area (Å²) in [5.74, 6) is 0. The second-order valence-electron chi connectivity index (χ2n) is 2.83. The predicted molar refractivity (Wildman–Crippen MR) is 50.8 cm³/mol. The van der Waals surface area contributed by atoms with E-state index in [1.54, 1.807) is 0 Å². The lowest BCUT2D eigenvalue weighted by Crippen LogP contribution is -2.51. The van der Waals surface area contributed by atoms with Gasteiger partial charge in [-0.2, -0.15) is 0 Å². The third-order valence-corrected chi connectivity index (χ3v) is 2.27. The summed E-state index contributed by atoms with van der Waals surface area (Å²) in [7, 11) is 0. The molecular weight excluding hydrogens is 150 g/mol. The number of ether oxygens (including phenoxy) is 1. The zero-order valence-electron chi connectivity index (χ0n) is 7.33. The van der Waals surface area contributed by atoms with Crippen LogP contribution in [0.4, 0.5) is 0 Å². The van der Waals surface area contributed by atoms with E-state index in [1.807, 2.05) is 18.4 Å². The van der Waals surface area contributed by atoms with Crippen molar-refractivity contribution in [2.24, 2.45) is 0 Å². The summed E-state index contributed by atoms with van der Waals surface area (Å²) in [5.41, 5.74) is -0.250. The fraction of sp³-hybridized carbons (Fsp3) is 0.400. The van der Waals surface area contributed by atoms with Crippen LogP contribution in [0.25, 0.3) is 0 Å². The molecule has 2 heteroatoms. The van der Waals surface area contributed by atoms with Crippen molar-refractivity contribution in [3.05, 3.63) is 38.1 Å². The topological polar surface area (TPSA) is 12.5 Å². The average Bonchev–Trinajstić information content (AvgIpc) is 2.17. The molecule has 0 aliphatic carbocycles. The fourth-order valence-corrected chi connectivity index (χ4v) is 1.39. The molecule has 1 heterocycles. The molecule has 0 aromatic heterocycles. The van der Waals surface area contributed by atoms with Crippen molar-refractivity contribution in [1.82, 2.24) is 4.90 Å². The highest BCUT2D eigenvalue weighted by molar-refractivity contribution is 5.18. The van der Waals surface area contributed by atoms with Crippen LogP contribution in [-0.2, 0) is 4.74 Å². The molecule has 1 aliphatic heterocycles. The van der Waals surface area contributed by atoms with E-state index < -0.39 is 0 Å². The van der Waals surface area contributed by atoms with Crippen LogP contribution >= 0.6 is 0 Å². The predicted octanol–water partition coefficient (Wildman–Crippen LogP) is 1.57. The van der Waals surface area contributed by atoms with E-state index in [4.69, 9.17) is 4.74 Å². The third kappa shape index (κ3) is 1.30. The zero-order valence-corrected chi connectivity index (χ0v) is 7.33. The molecule has 0 aromatic carbocycles. The number of hydrogen-bond donors (Lipinski definition) is 0. The molecule has 1 aliphatic rings. The zero-order chi connectivity index (χ0) is 9.03. The maximum absolute atomic E-state index is 5.37. The van der Waals surface area contributed by atoms with Crippen molar-refractivity contribution in [1.29, 1.82) is 0 Å². The Morgan fingerprint density at radius 1 is 1.25 bits per heavy atom. The lowest BCUT2D eigenvalue weighted by molar-refractivity contribution is 0.00172. The van der Waals surface area contributed by atoms with Crippen molar-refractivity contribution < 1.29 is 4.74 Å². The monoisotopic (exact) mass is 165 g/mol. The Bertz CT molecular complexity index is 190. The molecule has 0 atom stereocenters. The van der Waals surface area contributed by atoms with E-state index in [0.29, 0.717) is 6.61 Å². The molecule has 66 valence electrons. The Kier molecular flexibility index (Phi) is 2.71. The van der Waals surface area contributed by atoms with Crippen molar-refractivity contribution >= 4 is 0 Å². The molecule has 0 aromatic rings. The minimum atomic E-state index is -0.250. The molecule has 1 fully saturated rings. The van der Waals surface area contributed by atoms with Crippen LogP contribution in [0.5, 0.6) is 0 Å². The average molecular weight is 165 g/mol. The minimum Gasteiger partial charge on any atom is -0.376 e. The lowest BCUT2D eigenvalue weighted by atomic mass is 9.98. The minimum absolute atomic E-state index is 0.250. The molecule has 12 heavy (non-hydrogen) atoms. The third-order valence-electron chi connectivity index (χ3n) is 2.27. The van der Waals surface area contributed by atoms with Crippen molar-refractivity contribution in [3.8, 4) is 0 Å². The van der Waals surface area contributed by atoms with Gasteiger partial charge in [0.15, 0.2) is 0 Å². The Morgan fingerprint density at radius 3 is 2.33 bits per heavy atom. The summed E-state index contributed by atoms with van der Waals surface area (Å²) < 4.78 is 5.37. The van der Waals surface area contributed by atoms with E-state index in [2.05, 4.69) is 24.6 Å². The molecule has 0 unspecified atom stereocenters. The molecule has 0 amide bonds. The molecule has 0 radical (unpaired) electrons. The number of rotatable bonds is 3. The largest absolute Gasteiger partial charge is 0.376 e. The van der Waals surface area contributed by atoms with Crippen molar-refractivity contribution in [2.45, 2.75) is 5.54 Å². The molecule has 0 saturated carbocycles. The normalized spacial score (nSPS) is 21.5. The quantitative estimate of drug-likeness (QED) is 0.589. The van der Waals surface area contributed by atoms with Crippen molar-refractivity contribution in [3.63, 3.8) is 0 Å². The molecule has 1 saturated heterocycles. The maximum atomic E-state index is 5.37. The SMILES string of the molecule is C=CN1CCOCC1(C=C)C=C. The molecule has 2 nitrogen and oxygen atoms in total. The summed E-state index contributed by atoms with van der Waals surface area (Å²) in [4.78, 5) is 2.09. The second-order valence-corrected chi connectivity index (χ2v) is 2.83. The first-order valence-electron chi connectivity index (χ1n) is 4.03. The summed E-state index contributed by atoms with van der Waals surface area (Å²) in [6, 6.07) is 0. The lowest BCUT2D eigenvalue weighted by Gasteiger charge is -2.42. The van der Waals surface area contributed by atoms with Crippen LogP contribution < -0.4 is 0 Å². The first kappa shape index (κ1) is 9.07. The van der Waals surface area contributed by atoms with Crippen LogP contribution in [0.3, 0.4) is 0 Å². The molecule has 0 N–H and O–H groups in total. The smallest absolute Gasteiger partial charge is 0.0992 e. The highest BCUT2D eigenvalue weighted by atomic mass is 16.5. The summed E-state index contributed by atoms with van der Waals surface area (Å²) in [6.07, 6.45) is 5.51. The highest BCUT2D eigenvalue weighted by Crippen LogP contribution is 2.22. The van der Waals surface area contributed by atoms with Gasteiger partial charge in [0.1, 0.15) is 0 Å². The van der Waals surface area contributed by atoms with Gasteiger partial charge in [-0.15, -0.1) is 13.2 Å². The van der Waals surface area contributed by atoms with Gasteiger partial charge < -0.3 is 9.64 Å².